The number of aliphatic hydroxyl groups is 1. The van der Waals surface area contributed by atoms with Gasteiger partial charge in [0.2, 0.25) is 0 Å². The average Bonchev–Trinajstić information content (AvgIpc) is 2.90. The molecule has 0 aromatic carbocycles. The Hall–Kier alpha value is -1.07. The molecule has 0 aliphatic heterocycles. The smallest absolute Gasteiger partial charge is 0.315 e. The van der Waals surface area contributed by atoms with Crippen molar-refractivity contribution in [3.63, 3.8) is 0 Å². The number of nitrogens with one attached hydrogen (secondary N) is 2. The van der Waals surface area contributed by atoms with Gasteiger partial charge in [-0.25, -0.2) is 4.79 Å². The molecule has 1 heterocycles. The molecule has 0 aliphatic rings. The summed E-state index contributed by atoms with van der Waals surface area (Å²) in [7, 11) is 0. The lowest BCUT2D eigenvalue weighted by Crippen LogP contribution is -2.42. The summed E-state index contributed by atoms with van der Waals surface area (Å²) in [6, 6.07) is 1.82. The summed E-state index contributed by atoms with van der Waals surface area (Å²) >= 11 is 1.54. The quantitative estimate of drug-likeness (QED) is 0.643. The summed E-state index contributed by atoms with van der Waals surface area (Å²) < 4.78 is 0. The highest BCUT2D eigenvalue weighted by Gasteiger charge is 2.11. The summed E-state index contributed by atoms with van der Waals surface area (Å²) in [5, 5.41) is 19.2. The van der Waals surface area contributed by atoms with Crippen LogP contribution in [0, 0.1) is 0 Å². The monoisotopic (exact) mass is 284 g/mol. The first kappa shape index (κ1) is 16.0. The van der Waals surface area contributed by atoms with Gasteiger partial charge in [0.15, 0.2) is 0 Å². The molecule has 0 fully saturated rings. The number of urea groups is 1. The second-order valence-electron chi connectivity index (χ2n) is 4.82. The molecule has 1 aromatic heterocycles. The van der Waals surface area contributed by atoms with Crippen LogP contribution in [0.5, 0.6) is 0 Å². The zero-order chi connectivity index (χ0) is 14.1. The fraction of sp³-hybridized carbons (Fsp3) is 0.643. The molecule has 0 saturated carbocycles. The number of hydrogen-bond donors (Lipinski definition) is 3. The first-order chi connectivity index (χ1) is 9.13. The van der Waals surface area contributed by atoms with E-state index in [4.69, 9.17) is 0 Å². The predicted octanol–water partition coefficient (Wildman–Crippen LogP) is 3.05. The molecule has 4 nitrogen and oxygen atoms in total. The molecule has 5 heteroatoms. The zero-order valence-corrected chi connectivity index (χ0v) is 12.5. The van der Waals surface area contributed by atoms with Crippen molar-refractivity contribution in [1.82, 2.24) is 10.6 Å². The van der Waals surface area contributed by atoms with Crippen molar-refractivity contribution in [2.45, 2.75) is 51.7 Å². The number of aliphatic hydroxyl groups excluding tert-OH is 1. The van der Waals surface area contributed by atoms with Gasteiger partial charge in [-0.3, -0.25) is 0 Å². The second kappa shape index (κ2) is 8.93. The van der Waals surface area contributed by atoms with E-state index in [2.05, 4.69) is 17.6 Å². The minimum Gasteiger partial charge on any atom is -0.387 e. The number of carbonyl (C=O) groups excluding carboxylic acids is 1. The predicted molar refractivity (Wildman–Crippen MR) is 79.4 cm³/mol. The van der Waals surface area contributed by atoms with Crippen LogP contribution in [-0.4, -0.2) is 23.7 Å². The van der Waals surface area contributed by atoms with Crippen LogP contribution in [0.3, 0.4) is 0 Å². The van der Waals surface area contributed by atoms with E-state index in [9.17, 15) is 9.90 Å². The van der Waals surface area contributed by atoms with Crippen molar-refractivity contribution < 1.29 is 9.90 Å². The normalized spacial score (nSPS) is 13.8. The number of rotatable bonds is 8. The molecule has 0 aliphatic carbocycles. The first-order valence-electron chi connectivity index (χ1n) is 6.88. The molecule has 2 atom stereocenters. The fourth-order valence-corrected chi connectivity index (χ4v) is 2.53. The Morgan fingerprint density at radius 3 is 2.89 bits per heavy atom. The lowest BCUT2D eigenvalue weighted by molar-refractivity contribution is 0.173. The summed E-state index contributed by atoms with van der Waals surface area (Å²) in [4.78, 5) is 11.6. The van der Waals surface area contributed by atoms with E-state index in [1.807, 2.05) is 23.8 Å². The minimum atomic E-state index is -0.632. The van der Waals surface area contributed by atoms with E-state index in [-0.39, 0.29) is 18.6 Å². The summed E-state index contributed by atoms with van der Waals surface area (Å²) in [5.41, 5.74) is 0.848. The van der Waals surface area contributed by atoms with Crippen LogP contribution in [0.25, 0.3) is 0 Å². The Balaban J connectivity index is 2.17. The topological polar surface area (TPSA) is 61.4 Å². The highest BCUT2D eigenvalue weighted by molar-refractivity contribution is 7.07. The Labute approximate surface area is 119 Å². The average molecular weight is 284 g/mol. The molecule has 108 valence electrons. The van der Waals surface area contributed by atoms with E-state index in [1.165, 1.54) is 24.2 Å². The molecule has 2 unspecified atom stereocenters. The van der Waals surface area contributed by atoms with E-state index in [0.717, 1.165) is 18.4 Å². The van der Waals surface area contributed by atoms with Crippen LogP contribution >= 0.6 is 11.3 Å². The van der Waals surface area contributed by atoms with Gasteiger partial charge in [0.05, 0.1) is 6.10 Å². The number of thiophene rings is 1. The molecule has 0 saturated heterocycles. The number of unbranched alkanes of at least 4 members (excludes halogenated alkanes) is 2. The standard InChI is InChI=1S/C14H24N2O2S/c1-3-4-5-6-11(2)16-14(18)15-9-13(17)12-7-8-19-10-12/h7-8,10-11,13,17H,3-6,9H2,1-2H3,(H2,15,16,18). The van der Waals surface area contributed by atoms with Crippen LogP contribution < -0.4 is 10.6 Å². The third-order valence-electron chi connectivity index (χ3n) is 3.00. The number of hydrogen-bond acceptors (Lipinski definition) is 3. The lowest BCUT2D eigenvalue weighted by Gasteiger charge is -2.16. The highest BCUT2D eigenvalue weighted by atomic mass is 32.1. The van der Waals surface area contributed by atoms with Gasteiger partial charge in [0.1, 0.15) is 0 Å². The van der Waals surface area contributed by atoms with Gasteiger partial charge in [-0.2, -0.15) is 11.3 Å². The van der Waals surface area contributed by atoms with Gasteiger partial charge < -0.3 is 15.7 Å². The Bertz CT molecular complexity index is 354. The molecule has 0 radical (unpaired) electrons. The highest BCUT2D eigenvalue weighted by Crippen LogP contribution is 2.14. The second-order valence-corrected chi connectivity index (χ2v) is 5.60. The van der Waals surface area contributed by atoms with Crippen molar-refractivity contribution in [1.29, 1.82) is 0 Å². The van der Waals surface area contributed by atoms with Crippen LogP contribution in [0.4, 0.5) is 4.79 Å². The molecule has 1 aromatic rings. The molecule has 0 spiro atoms. The van der Waals surface area contributed by atoms with Crippen molar-refractivity contribution in [2.75, 3.05) is 6.54 Å². The molecular formula is C14H24N2O2S. The molecular weight excluding hydrogens is 260 g/mol. The summed E-state index contributed by atoms with van der Waals surface area (Å²) in [6.45, 7) is 4.41. The fourth-order valence-electron chi connectivity index (χ4n) is 1.82. The first-order valence-corrected chi connectivity index (χ1v) is 7.82. The lowest BCUT2D eigenvalue weighted by atomic mass is 10.1. The van der Waals surface area contributed by atoms with Crippen LogP contribution in [-0.2, 0) is 0 Å². The van der Waals surface area contributed by atoms with Gasteiger partial charge in [0.25, 0.3) is 0 Å². The van der Waals surface area contributed by atoms with Crippen molar-refractivity contribution >= 4 is 17.4 Å². The van der Waals surface area contributed by atoms with Gasteiger partial charge >= 0.3 is 6.03 Å². The maximum Gasteiger partial charge on any atom is 0.315 e. The number of amides is 2. The van der Waals surface area contributed by atoms with Gasteiger partial charge in [-0.1, -0.05) is 26.2 Å². The maximum atomic E-state index is 11.6. The molecule has 0 bridgehead atoms. The SMILES string of the molecule is CCCCCC(C)NC(=O)NCC(O)c1ccsc1. The van der Waals surface area contributed by atoms with Gasteiger partial charge in [-0.15, -0.1) is 0 Å². The van der Waals surface area contributed by atoms with E-state index in [0.29, 0.717) is 0 Å². The van der Waals surface area contributed by atoms with E-state index >= 15 is 0 Å². The Morgan fingerprint density at radius 2 is 2.26 bits per heavy atom. The Morgan fingerprint density at radius 1 is 1.47 bits per heavy atom. The largest absolute Gasteiger partial charge is 0.387 e. The van der Waals surface area contributed by atoms with Crippen molar-refractivity contribution in [3.05, 3.63) is 22.4 Å². The Kier molecular flexibility index (Phi) is 7.52. The molecule has 19 heavy (non-hydrogen) atoms. The van der Waals surface area contributed by atoms with Crippen molar-refractivity contribution in [3.8, 4) is 0 Å². The molecule has 3 N–H and O–H groups in total. The zero-order valence-electron chi connectivity index (χ0n) is 11.7. The van der Waals surface area contributed by atoms with Crippen LogP contribution in [0.15, 0.2) is 16.8 Å². The molecule has 2 amide bonds. The number of carbonyl (C=O) groups is 1. The van der Waals surface area contributed by atoms with Crippen LogP contribution in [0.2, 0.25) is 0 Å². The molecule has 1 rings (SSSR count). The van der Waals surface area contributed by atoms with E-state index in [1.54, 1.807) is 0 Å². The van der Waals surface area contributed by atoms with Crippen LogP contribution in [0.1, 0.15) is 51.2 Å². The summed E-state index contributed by atoms with van der Waals surface area (Å²) in [6.07, 6.45) is 3.88. The van der Waals surface area contributed by atoms with Gasteiger partial charge in [0, 0.05) is 12.6 Å². The minimum absolute atomic E-state index is 0.171. The summed E-state index contributed by atoms with van der Waals surface area (Å²) in [5.74, 6) is 0. The third kappa shape index (κ3) is 6.59. The van der Waals surface area contributed by atoms with Gasteiger partial charge in [-0.05, 0) is 35.7 Å². The maximum absolute atomic E-state index is 11.6. The third-order valence-corrected chi connectivity index (χ3v) is 3.70. The van der Waals surface area contributed by atoms with E-state index < -0.39 is 6.10 Å². The van der Waals surface area contributed by atoms with Crippen molar-refractivity contribution in [2.24, 2.45) is 0 Å².